The molecular formula is C12H20N2O2. The predicted octanol–water partition coefficient (Wildman–Crippen LogP) is 1.90. The Kier molecular flexibility index (Phi) is 3.46. The first-order valence-electron chi connectivity index (χ1n) is 6.32. The molecule has 1 heterocycles. The summed E-state index contributed by atoms with van der Waals surface area (Å²) in [7, 11) is 0. The number of urea groups is 1. The van der Waals surface area contributed by atoms with Crippen LogP contribution in [0.2, 0.25) is 0 Å². The van der Waals surface area contributed by atoms with Crippen LogP contribution >= 0.6 is 0 Å². The van der Waals surface area contributed by atoms with Crippen LogP contribution in [0.4, 0.5) is 4.79 Å². The minimum absolute atomic E-state index is 0.0220. The molecule has 2 rings (SSSR count). The van der Waals surface area contributed by atoms with Gasteiger partial charge in [0.2, 0.25) is 5.91 Å². The van der Waals surface area contributed by atoms with Gasteiger partial charge in [-0.05, 0) is 18.8 Å². The van der Waals surface area contributed by atoms with Crippen LogP contribution in [0.3, 0.4) is 0 Å². The summed E-state index contributed by atoms with van der Waals surface area (Å²) in [5.41, 5.74) is 0. The summed E-state index contributed by atoms with van der Waals surface area (Å²) >= 11 is 0. The smallest absolute Gasteiger partial charge is 0.324 e. The van der Waals surface area contributed by atoms with E-state index in [0.29, 0.717) is 18.9 Å². The minimum Gasteiger partial charge on any atom is -0.337 e. The van der Waals surface area contributed by atoms with Crippen LogP contribution in [0, 0.1) is 5.92 Å². The summed E-state index contributed by atoms with van der Waals surface area (Å²) in [6.45, 7) is 2.71. The van der Waals surface area contributed by atoms with E-state index in [1.54, 1.807) is 0 Å². The molecule has 1 saturated carbocycles. The van der Waals surface area contributed by atoms with E-state index in [1.807, 2.05) is 0 Å². The van der Waals surface area contributed by atoms with Gasteiger partial charge in [-0.1, -0.05) is 26.2 Å². The van der Waals surface area contributed by atoms with Crippen molar-refractivity contribution in [3.63, 3.8) is 0 Å². The number of nitrogens with zero attached hydrogens (tertiary/aromatic N) is 1. The predicted molar refractivity (Wildman–Crippen MR) is 60.9 cm³/mol. The van der Waals surface area contributed by atoms with Gasteiger partial charge in [0.1, 0.15) is 0 Å². The largest absolute Gasteiger partial charge is 0.337 e. The average Bonchev–Trinajstić information content (AvgIpc) is 2.73. The van der Waals surface area contributed by atoms with Gasteiger partial charge >= 0.3 is 6.03 Å². The van der Waals surface area contributed by atoms with E-state index in [9.17, 15) is 9.59 Å². The SMILES string of the molecule is CCC1CNC(=O)N(C2CCCC2)C(=O)C1. The van der Waals surface area contributed by atoms with Gasteiger partial charge in [0.05, 0.1) is 0 Å². The minimum atomic E-state index is -0.173. The second kappa shape index (κ2) is 4.85. The topological polar surface area (TPSA) is 49.4 Å². The highest BCUT2D eigenvalue weighted by Gasteiger charge is 2.34. The zero-order valence-corrected chi connectivity index (χ0v) is 9.87. The standard InChI is InChI=1S/C12H20N2O2/c1-2-9-7-11(15)14(12(16)13-8-9)10-5-3-4-6-10/h9-10H,2-8H2,1H3,(H,13,16). The third-order valence-corrected chi connectivity index (χ3v) is 3.76. The van der Waals surface area contributed by atoms with Crippen molar-refractivity contribution in [2.24, 2.45) is 5.92 Å². The van der Waals surface area contributed by atoms with Crippen LogP contribution in [0.1, 0.15) is 45.4 Å². The number of hydrogen-bond acceptors (Lipinski definition) is 2. The molecule has 3 amide bonds. The van der Waals surface area contributed by atoms with Gasteiger partial charge in [-0.2, -0.15) is 0 Å². The third-order valence-electron chi connectivity index (χ3n) is 3.76. The molecule has 0 spiro atoms. The van der Waals surface area contributed by atoms with Gasteiger partial charge in [-0.15, -0.1) is 0 Å². The zero-order valence-electron chi connectivity index (χ0n) is 9.87. The Labute approximate surface area is 96.4 Å². The summed E-state index contributed by atoms with van der Waals surface area (Å²) < 4.78 is 0. The van der Waals surface area contributed by atoms with Crippen LogP contribution in [0.5, 0.6) is 0 Å². The molecule has 1 N–H and O–H groups in total. The van der Waals surface area contributed by atoms with Gasteiger partial charge in [0, 0.05) is 19.0 Å². The molecule has 1 aliphatic carbocycles. The molecule has 16 heavy (non-hydrogen) atoms. The number of amides is 3. The van der Waals surface area contributed by atoms with Gasteiger partial charge < -0.3 is 5.32 Å². The second-order valence-corrected chi connectivity index (χ2v) is 4.87. The van der Waals surface area contributed by atoms with E-state index in [2.05, 4.69) is 12.2 Å². The van der Waals surface area contributed by atoms with E-state index < -0.39 is 0 Å². The Morgan fingerprint density at radius 1 is 1.31 bits per heavy atom. The maximum atomic E-state index is 12.0. The van der Waals surface area contributed by atoms with E-state index in [0.717, 1.165) is 32.1 Å². The summed E-state index contributed by atoms with van der Waals surface area (Å²) in [6.07, 6.45) is 5.71. The van der Waals surface area contributed by atoms with Crippen molar-refractivity contribution >= 4 is 11.9 Å². The van der Waals surface area contributed by atoms with Gasteiger partial charge in [0.15, 0.2) is 0 Å². The first-order chi connectivity index (χ1) is 7.72. The number of imide groups is 1. The first kappa shape index (κ1) is 11.4. The van der Waals surface area contributed by atoms with E-state index in [-0.39, 0.29) is 18.0 Å². The van der Waals surface area contributed by atoms with Crippen molar-refractivity contribution in [3.05, 3.63) is 0 Å². The van der Waals surface area contributed by atoms with Crippen LogP contribution in [0.25, 0.3) is 0 Å². The molecule has 0 bridgehead atoms. The maximum absolute atomic E-state index is 12.0. The molecule has 2 fully saturated rings. The van der Waals surface area contributed by atoms with Gasteiger partial charge in [-0.3, -0.25) is 9.69 Å². The lowest BCUT2D eigenvalue weighted by Gasteiger charge is -2.25. The highest BCUT2D eigenvalue weighted by molar-refractivity contribution is 5.95. The summed E-state index contributed by atoms with van der Waals surface area (Å²) in [5.74, 6) is 0.330. The monoisotopic (exact) mass is 224 g/mol. The van der Waals surface area contributed by atoms with Crippen molar-refractivity contribution < 1.29 is 9.59 Å². The van der Waals surface area contributed by atoms with Crippen molar-refractivity contribution in [2.45, 2.75) is 51.5 Å². The number of carbonyl (C=O) groups excluding carboxylic acids is 2. The molecule has 2 aliphatic rings. The summed E-state index contributed by atoms with van der Waals surface area (Å²) in [5, 5.41) is 2.87. The normalized spacial score (nSPS) is 28.1. The quantitative estimate of drug-likeness (QED) is 0.778. The fraction of sp³-hybridized carbons (Fsp3) is 0.833. The number of rotatable bonds is 2. The van der Waals surface area contributed by atoms with Crippen molar-refractivity contribution in [2.75, 3.05) is 6.54 Å². The lowest BCUT2D eigenvalue weighted by molar-refractivity contribution is -0.130. The lowest BCUT2D eigenvalue weighted by Crippen LogP contribution is -2.46. The molecule has 1 saturated heterocycles. The van der Waals surface area contributed by atoms with E-state index in [4.69, 9.17) is 0 Å². The first-order valence-corrected chi connectivity index (χ1v) is 6.32. The van der Waals surface area contributed by atoms with Crippen LogP contribution < -0.4 is 5.32 Å². The number of carbonyl (C=O) groups is 2. The molecule has 0 aromatic rings. The molecule has 1 unspecified atom stereocenters. The molecule has 1 atom stereocenters. The molecule has 0 radical (unpaired) electrons. The van der Waals surface area contributed by atoms with Crippen LogP contribution in [-0.2, 0) is 4.79 Å². The average molecular weight is 224 g/mol. The highest BCUT2D eigenvalue weighted by Crippen LogP contribution is 2.26. The maximum Gasteiger partial charge on any atom is 0.324 e. The lowest BCUT2D eigenvalue weighted by atomic mass is 10.0. The molecule has 1 aliphatic heterocycles. The third kappa shape index (κ3) is 2.20. The molecule has 90 valence electrons. The Bertz CT molecular complexity index is 285. The van der Waals surface area contributed by atoms with Crippen LogP contribution in [-0.4, -0.2) is 29.4 Å². The van der Waals surface area contributed by atoms with Gasteiger partial charge in [-0.25, -0.2) is 4.79 Å². The van der Waals surface area contributed by atoms with Gasteiger partial charge in [0.25, 0.3) is 0 Å². The highest BCUT2D eigenvalue weighted by atomic mass is 16.2. The fourth-order valence-corrected chi connectivity index (χ4v) is 2.67. The Balaban J connectivity index is 2.09. The number of nitrogens with one attached hydrogen (secondary N) is 1. The van der Waals surface area contributed by atoms with Crippen molar-refractivity contribution in [3.8, 4) is 0 Å². The van der Waals surface area contributed by atoms with E-state index in [1.165, 1.54) is 4.90 Å². The van der Waals surface area contributed by atoms with Crippen LogP contribution in [0.15, 0.2) is 0 Å². The Hall–Kier alpha value is -1.06. The summed E-state index contributed by atoms with van der Waals surface area (Å²) in [4.78, 5) is 25.4. The molecule has 0 aromatic heterocycles. The summed E-state index contributed by atoms with van der Waals surface area (Å²) in [6, 6.07) is -0.0176. The zero-order chi connectivity index (χ0) is 11.5. The second-order valence-electron chi connectivity index (χ2n) is 4.87. The number of hydrogen-bond donors (Lipinski definition) is 1. The van der Waals surface area contributed by atoms with Crippen molar-refractivity contribution in [1.29, 1.82) is 0 Å². The van der Waals surface area contributed by atoms with Crippen molar-refractivity contribution in [1.82, 2.24) is 10.2 Å². The molecular weight excluding hydrogens is 204 g/mol. The fourth-order valence-electron chi connectivity index (χ4n) is 2.67. The molecule has 0 aromatic carbocycles. The Morgan fingerprint density at radius 2 is 2.00 bits per heavy atom. The molecule has 4 nitrogen and oxygen atoms in total. The Morgan fingerprint density at radius 3 is 2.62 bits per heavy atom. The van der Waals surface area contributed by atoms with E-state index >= 15 is 0 Å². The molecule has 4 heteroatoms.